The minimum Gasteiger partial charge on any atom is -0.374 e. The molecule has 7 nitrogen and oxygen atoms in total. The van der Waals surface area contributed by atoms with Gasteiger partial charge in [-0.25, -0.2) is 9.78 Å². The quantitative estimate of drug-likeness (QED) is 0.502. The standard InChI is InChI=1S/C23H23ClN4O3S/c1-14(29)21-4-6-28(26-21)23(30)27-11-16-9-18(10-17(16)12-27)31-13-15-2-3-20(24)19(8-15)22-25-5-7-32-22/h2-8,16-18H,9-13H2,1H3/t16-,17+,18+. The molecule has 0 unspecified atom stereocenters. The van der Waals surface area contributed by atoms with Crippen LogP contribution in [0, 0.1) is 11.8 Å². The van der Waals surface area contributed by atoms with Crippen LogP contribution in [0.25, 0.3) is 10.6 Å². The van der Waals surface area contributed by atoms with Crippen molar-refractivity contribution in [2.45, 2.75) is 32.5 Å². The lowest BCUT2D eigenvalue weighted by molar-refractivity contribution is 0.0383. The predicted octanol–water partition coefficient (Wildman–Crippen LogP) is 4.76. The number of amides is 1. The van der Waals surface area contributed by atoms with Crippen LogP contribution >= 0.6 is 22.9 Å². The summed E-state index contributed by atoms with van der Waals surface area (Å²) in [6.45, 7) is 3.38. The Morgan fingerprint density at radius 2 is 2.00 bits per heavy atom. The van der Waals surface area contributed by atoms with Crippen molar-refractivity contribution in [1.82, 2.24) is 19.7 Å². The van der Waals surface area contributed by atoms with E-state index in [-0.39, 0.29) is 17.9 Å². The van der Waals surface area contributed by atoms with Crippen molar-refractivity contribution in [3.8, 4) is 10.6 Å². The van der Waals surface area contributed by atoms with Gasteiger partial charge < -0.3 is 9.64 Å². The molecular weight excluding hydrogens is 448 g/mol. The van der Waals surface area contributed by atoms with Crippen LogP contribution in [-0.4, -0.2) is 50.7 Å². The molecule has 2 aromatic heterocycles. The summed E-state index contributed by atoms with van der Waals surface area (Å²) < 4.78 is 7.50. The normalized spacial score (nSPS) is 22.3. The van der Waals surface area contributed by atoms with E-state index < -0.39 is 0 Å². The molecule has 1 aliphatic heterocycles. The molecule has 1 aromatic carbocycles. The van der Waals surface area contributed by atoms with E-state index in [2.05, 4.69) is 16.1 Å². The van der Waals surface area contributed by atoms with Crippen LogP contribution < -0.4 is 0 Å². The van der Waals surface area contributed by atoms with Gasteiger partial charge in [0.05, 0.1) is 17.7 Å². The number of aromatic nitrogens is 3. The number of ether oxygens (including phenoxy) is 1. The second-order valence-electron chi connectivity index (χ2n) is 8.47. The average Bonchev–Trinajstić information content (AvgIpc) is 3.56. The molecule has 1 saturated heterocycles. The SMILES string of the molecule is CC(=O)c1ccn(C(=O)N2C[C@H]3C[C@H](OCc4ccc(Cl)c(-c5nccs5)c4)C[C@H]3C2)n1. The molecule has 0 bridgehead atoms. The second-order valence-corrected chi connectivity index (χ2v) is 9.77. The summed E-state index contributed by atoms with van der Waals surface area (Å²) in [6, 6.07) is 7.36. The third kappa shape index (κ3) is 4.22. The van der Waals surface area contributed by atoms with E-state index in [0.717, 1.165) is 29.0 Å². The number of hydrogen-bond acceptors (Lipinski definition) is 6. The maximum Gasteiger partial charge on any atom is 0.344 e. The number of fused-ring (bicyclic) bond motifs is 1. The van der Waals surface area contributed by atoms with Crippen molar-refractivity contribution in [2.24, 2.45) is 11.8 Å². The van der Waals surface area contributed by atoms with Gasteiger partial charge in [-0.1, -0.05) is 17.7 Å². The van der Waals surface area contributed by atoms with Crippen LogP contribution in [0.2, 0.25) is 5.02 Å². The highest BCUT2D eigenvalue weighted by atomic mass is 35.5. The van der Waals surface area contributed by atoms with Crippen molar-refractivity contribution >= 4 is 34.8 Å². The van der Waals surface area contributed by atoms with Crippen molar-refractivity contribution in [2.75, 3.05) is 13.1 Å². The van der Waals surface area contributed by atoms with Crippen molar-refractivity contribution in [3.05, 3.63) is 58.3 Å². The lowest BCUT2D eigenvalue weighted by Crippen LogP contribution is -2.34. The molecule has 5 rings (SSSR count). The minimum absolute atomic E-state index is 0.144. The van der Waals surface area contributed by atoms with E-state index in [0.29, 0.717) is 42.2 Å². The summed E-state index contributed by atoms with van der Waals surface area (Å²) in [5.41, 5.74) is 2.33. The Kier molecular flexibility index (Phi) is 5.84. The van der Waals surface area contributed by atoms with Gasteiger partial charge in [-0.15, -0.1) is 11.3 Å². The number of nitrogens with zero attached hydrogens (tertiary/aromatic N) is 4. The molecule has 3 aromatic rings. The number of thiazole rings is 1. The number of ketones is 1. The lowest BCUT2D eigenvalue weighted by atomic mass is 10.0. The van der Waals surface area contributed by atoms with Gasteiger partial charge in [-0.2, -0.15) is 9.78 Å². The van der Waals surface area contributed by atoms with E-state index in [1.807, 2.05) is 22.4 Å². The smallest absolute Gasteiger partial charge is 0.344 e. The fourth-order valence-electron chi connectivity index (χ4n) is 4.70. The first kappa shape index (κ1) is 21.3. The maximum absolute atomic E-state index is 12.7. The van der Waals surface area contributed by atoms with Crippen LogP contribution in [0.1, 0.15) is 35.8 Å². The van der Waals surface area contributed by atoms with Crippen LogP contribution in [0.15, 0.2) is 42.0 Å². The first-order valence-corrected chi connectivity index (χ1v) is 11.9. The molecular formula is C23H23ClN4O3S. The highest BCUT2D eigenvalue weighted by Crippen LogP contribution is 2.40. The minimum atomic E-state index is -0.166. The molecule has 32 heavy (non-hydrogen) atoms. The molecule has 2 fully saturated rings. The number of carbonyl (C=O) groups excluding carboxylic acids is 2. The Labute approximate surface area is 195 Å². The van der Waals surface area contributed by atoms with E-state index in [1.54, 1.807) is 29.8 Å². The number of rotatable bonds is 5. The molecule has 166 valence electrons. The van der Waals surface area contributed by atoms with Crippen molar-refractivity contribution in [1.29, 1.82) is 0 Å². The summed E-state index contributed by atoms with van der Waals surface area (Å²) >= 11 is 7.92. The number of halogens is 1. The number of hydrogen-bond donors (Lipinski definition) is 0. The number of carbonyl (C=O) groups is 2. The molecule has 3 atom stereocenters. The molecule has 3 heterocycles. The molecule has 1 saturated carbocycles. The van der Waals surface area contributed by atoms with Crippen molar-refractivity contribution in [3.63, 3.8) is 0 Å². The van der Waals surface area contributed by atoms with Crippen LogP contribution in [-0.2, 0) is 11.3 Å². The number of Topliss-reactive ketones (excluding diaryl/α,β-unsaturated/α-hetero) is 1. The predicted molar refractivity (Wildman–Crippen MR) is 122 cm³/mol. The zero-order valence-corrected chi connectivity index (χ0v) is 19.2. The average molecular weight is 471 g/mol. The topological polar surface area (TPSA) is 77.3 Å². The third-order valence-corrected chi connectivity index (χ3v) is 7.44. The Morgan fingerprint density at radius 1 is 1.22 bits per heavy atom. The third-order valence-electron chi connectivity index (χ3n) is 6.30. The Bertz CT molecular complexity index is 1130. The Morgan fingerprint density at radius 3 is 2.66 bits per heavy atom. The molecule has 0 N–H and O–H groups in total. The van der Waals surface area contributed by atoms with Gasteiger partial charge in [0.25, 0.3) is 0 Å². The first-order chi connectivity index (χ1) is 15.5. The van der Waals surface area contributed by atoms with E-state index in [4.69, 9.17) is 16.3 Å². The monoisotopic (exact) mass is 470 g/mol. The fourth-order valence-corrected chi connectivity index (χ4v) is 5.63. The van der Waals surface area contributed by atoms with Gasteiger partial charge in [0.2, 0.25) is 0 Å². The molecule has 2 aliphatic rings. The molecule has 9 heteroatoms. The fraction of sp³-hybridized carbons (Fsp3) is 0.391. The van der Waals surface area contributed by atoms with Crippen LogP contribution in [0.3, 0.4) is 0 Å². The van der Waals surface area contributed by atoms with Crippen molar-refractivity contribution < 1.29 is 14.3 Å². The summed E-state index contributed by atoms with van der Waals surface area (Å²) in [5, 5.41) is 7.63. The van der Waals surface area contributed by atoms with E-state index in [9.17, 15) is 9.59 Å². The van der Waals surface area contributed by atoms with Gasteiger partial charge in [0, 0.05) is 43.4 Å². The van der Waals surface area contributed by atoms with Gasteiger partial charge in [-0.3, -0.25) is 4.79 Å². The van der Waals surface area contributed by atoms with E-state index in [1.165, 1.54) is 11.6 Å². The van der Waals surface area contributed by atoms with Crippen LogP contribution in [0.5, 0.6) is 0 Å². The maximum atomic E-state index is 12.7. The zero-order chi connectivity index (χ0) is 22.2. The number of likely N-dealkylation sites (tertiary alicyclic amines) is 1. The first-order valence-electron chi connectivity index (χ1n) is 10.6. The Balaban J connectivity index is 1.15. The molecule has 1 amide bonds. The van der Waals surface area contributed by atoms with Gasteiger partial charge in [0.15, 0.2) is 5.78 Å². The summed E-state index contributed by atoms with van der Waals surface area (Å²) in [4.78, 5) is 30.4. The Hall–Kier alpha value is -2.55. The summed E-state index contributed by atoms with van der Waals surface area (Å²) in [6.07, 6.45) is 5.42. The highest BCUT2D eigenvalue weighted by Gasteiger charge is 2.43. The number of benzene rings is 1. The largest absolute Gasteiger partial charge is 0.374 e. The van der Waals surface area contributed by atoms with Crippen LogP contribution in [0.4, 0.5) is 4.79 Å². The summed E-state index contributed by atoms with van der Waals surface area (Å²) in [7, 11) is 0. The van der Waals surface area contributed by atoms with E-state index >= 15 is 0 Å². The second kappa shape index (κ2) is 8.77. The van der Waals surface area contributed by atoms with Gasteiger partial charge >= 0.3 is 6.03 Å². The molecule has 0 radical (unpaired) electrons. The zero-order valence-electron chi connectivity index (χ0n) is 17.6. The van der Waals surface area contributed by atoms with Gasteiger partial charge in [-0.05, 0) is 48.4 Å². The highest BCUT2D eigenvalue weighted by molar-refractivity contribution is 7.13. The molecule has 1 aliphatic carbocycles. The van der Waals surface area contributed by atoms with Gasteiger partial charge in [0.1, 0.15) is 10.7 Å². The molecule has 0 spiro atoms. The lowest BCUT2D eigenvalue weighted by Gasteiger charge is -2.19. The summed E-state index contributed by atoms with van der Waals surface area (Å²) in [5.74, 6) is 0.722.